The molecule has 3 rings (SSSR count). The van der Waals surface area contributed by atoms with Gasteiger partial charge < -0.3 is 5.32 Å². The van der Waals surface area contributed by atoms with E-state index in [2.05, 4.69) is 10.3 Å². The normalized spacial score (nSPS) is 11.0. The molecule has 1 amide bonds. The Kier molecular flexibility index (Phi) is 5.73. The van der Waals surface area contributed by atoms with E-state index in [1.54, 1.807) is 54.7 Å². The molecule has 0 bridgehead atoms. The van der Waals surface area contributed by atoms with E-state index in [9.17, 15) is 13.2 Å². The number of carbonyl (C=O) groups excluding carboxylic acids is 1. The lowest BCUT2D eigenvalue weighted by molar-refractivity contribution is -0.114. The third-order valence-corrected chi connectivity index (χ3v) is 5.68. The number of sulfonamides is 1. The first kappa shape index (κ1) is 18.9. The molecule has 1 N–H and O–H groups in total. The number of hydrogen-bond donors (Lipinski definition) is 1. The smallest absolute Gasteiger partial charge is 0.264 e. The highest BCUT2D eigenvalue weighted by Gasteiger charge is 2.27. The van der Waals surface area contributed by atoms with Crippen molar-refractivity contribution in [3.8, 4) is 0 Å². The van der Waals surface area contributed by atoms with Crippen LogP contribution in [0.1, 0.15) is 0 Å². The van der Waals surface area contributed by atoms with Crippen LogP contribution in [0.15, 0.2) is 84.0 Å². The molecular weight excluding hydrogens is 386 g/mol. The molecule has 0 fully saturated rings. The maximum atomic E-state index is 13.1. The highest BCUT2D eigenvalue weighted by molar-refractivity contribution is 7.92. The van der Waals surface area contributed by atoms with Gasteiger partial charge in [0.2, 0.25) is 5.91 Å². The SMILES string of the molecule is O=C(CN(c1cccc(Cl)c1)S(=O)(=O)c1ccccc1)Nc1cccnc1. The van der Waals surface area contributed by atoms with Crippen LogP contribution in [-0.2, 0) is 14.8 Å². The van der Waals surface area contributed by atoms with E-state index in [-0.39, 0.29) is 4.90 Å². The van der Waals surface area contributed by atoms with Gasteiger partial charge >= 0.3 is 0 Å². The predicted octanol–water partition coefficient (Wildman–Crippen LogP) is 3.57. The Morgan fingerprint density at radius 1 is 1.04 bits per heavy atom. The van der Waals surface area contributed by atoms with Crippen LogP contribution in [0.3, 0.4) is 0 Å². The van der Waals surface area contributed by atoms with E-state index in [1.807, 2.05) is 0 Å². The van der Waals surface area contributed by atoms with Gasteiger partial charge in [-0.15, -0.1) is 0 Å². The zero-order chi connectivity index (χ0) is 19.3. The number of rotatable bonds is 6. The second kappa shape index (κ2) is 8.20. The van der Waals surface area contributed by atoms with Gasteiger partial charge in [-0.3, -0.25) is 14.1 Å². The summed E-state index contributed by atoms with van der Waals surface area (Å²) in [5.74, 6) is -0.498. The average molecular weight is 402 g/mol. The van der Waals surface area contributed by atoms with Crippen molar-refractivity contribution in [2.45, 2.75) is 4.90 Å². The fraction of sp³-hybridized carbons (Fsp3) is 0.0526. The minimum Gasteiger partial charge on any atom is -0.323 e. The summed E-state index contributed by atoms with van der Waals surface area (Å²) in [6.45, 7) is -0.410. The van der Waals surface area contributed by atoms with E-state index < -0.39 is 22.5 Å². The monoisotopic (exact) mass is 401 g/mol. The van der Waals surface area contributed by atoms with Gasteiger partial charge in [0.1, 0.15) is 6.54 Å². The Hall–Kier alpha value is -2.90. The molecule has 0 radical (unpaired) electrons. The van der Waals surface area contributed by atoms with E-state index >= 15 is 0 Å². The van der Waals surface area contributed by atoms with E-state index in [1.165, 1.54) is 24.4 Å². The molecule has 0 aliphatic rings. The summed E-state index contributed by atoms with van der Waals surface area (Å²) in [5, 5.41) is 3.01. The Bertz CT molecular complexity index is 1030. The van der Waals surface area contributed by atoms with Crippen LogP contribution >= 0.6 is 11.6 Å². The predicted molar refractivity (Wildman–Crippen MR) is 105 cm³/mol. The minimum atomic E-state index is -3.96. The molecule has 0 unspecified atom stereocenters. The van der Waals surface area contributed by atoms with Crippen LogP contribution in [0, 0.1) is 0 Å². The fourth-order valence-corrected chi connectivity index (χ4v) is 4.05. The number of halogens is 1. The molecular formula is C19H16ClN3O3S. The van der Waals surface area contributed by atoms with Crippen molar-refractivity contribution in [3.63, 3.8) is 0 Å². The summed E-state index contributed by atoms with van der Waals surface area (Å²) in [6.07, 6.45) is 3.06. The maximum Gasteiger partial charge on any atom is 0.264 e. The third-order valence-electron chi connectivity index (χ3n) is 3.66. The zero-order valence-electron chi connectivity index (χ0n) is 14.1. The van der Waals surface area contributed by atoms with Crippen molar-refractivity contribution in [1.29, 1.82) is 0 Å². The number of nitrogens with one attached hydrogen (secondary N) is 1. The molecule has 0 spiro atoms. The van der Waals surface area contributed by atoms with Gasteiger partial charge in [0.15, 0.2) is 0 Å². The van der Waals surface area contributed by atoms with E-state index in [4.69, 9.17) is 11.6 Å². The van der Waals surface area contributed by atoms with Crippen molar-refractivity contribution in [1.82, 2.24) is 4.98 Å². The first-order valence-electron chi connectivity index (χ1n) is 8.00. The standard InChI is InChI=1S/C19H16ClN3O3S/c20-15-6-4-8-17(12-15)23(27(25,26)18-9-2-1-3-10-18)14-19(24)22-16-7-5-11-21-13-16/h1-13H,14H2,(H,22,24). The summed E-state index contributed by atoms with van der Waals surface area (Å²) in [5.41, 5.74) is 0.776. The molecule has 8 heteroatoms. The molecule has 1 aromatic heterocycles. The summed E-state index contributed by atoms with van der Waals surface area (Å²) in [6, 6.07) is 17.6. The van der Waals surface area contributed by atoms with Crippen molar-refractivity contribution in [2.24, 2.45) is 0 Å². The molecule has 1 heterocycles. The fourth-order valence-electron chi connectivity index (χ4n) is 2.43. The average Bonchev–Trinajstić information content (AvgIpc) is 2.67. The highest BCUT2D eigenvalue weighted by atomic mass is 35.5. The van der Waals surface area contributed by atoms with Gasteiger partial charge in [0.25, 0.3) is 10.0 Å². The van der Waals surface area contributed by atoms with E-state index in [0.717, 1.165) is 4.31 Å². The molecule has 0 aliphatic carbocycles. The number of nitrogens with zero attached hydrogens (tertiary/aromatic N) is 2. The zero-order valence-corrected chi connectivity index (χ0v) is 15.7. The van der Waals surface area contributed by atoms with Gasteiger partial charge in [-0.05, 0) is 42.5 Å². The topological polar surface area (TPSA) is 79.4 Å². The third kappa shape index (κ3) is 4.64. The molecule has 6 nitrogen and oxygen atoms in total. The number of anilines is 2. The number of aromatic nitrogens is 1. The molecule has 138 valence electrons. The molecule has 0 saturated heterocycles. The summed E-state index contributed by atoms with van der Waals surface area (Å²) >= 11 is 6.02. The molecule has 3 aromatic rings. The molecule has 0 aliphatic heterocycles. The quantitative estimate of drug-likeness (QED) is 0.684. The van der Waals surface area contributed by atoms with Crippen molar-refractivity contribution in [3.05, 3.63) is 84.1 Å². The van der Waals surface area contributed by atoms with Gasteiger partial charge in [-0.2, -0.15) is 0 Å². The Balaban J connectivity index is 1.94. The van der Waals surface area contributed by atoms with Crippen LogP contribution in [0.2, 0.25) is 5.02 Å². The maximum absolute atomic E-state index is 13.1. The van der Waals surface area contributed by atoms with Crippen molar-refractivity contribution >= 4 is 38.9 Å². The van der Waals surface area contributed by atoms with Gasteiger partial charge in [0.05, 0.1) is 22.5 Å². The summed E-state index contributed by atoms with van der Waals surface area (Å²) in [4.78, 5) is 16.5. The first-order valence-corrected chi connectivity index (χ1v) is 9.82. The van der Waals surface area contributed by atoms with Crippen molar-refractivity contribution in [2.75, 3.05) is 16.2 Å². The lowest BCUT2D eigenvalue weighted by Crippen LogP contribution is -2.38. The van der Waals surface area contributed by atoms with Crippen molar-refractivity contribution < 1.29 is 13.2 Å². The first-order chi connectivity index (χ1) is 13.0. The Labute approximate surface area is 162 Å². The molecule has 2 aromatic carbocycles. The second-order valence-electron chi connectivity index (χ2n) is 5.59. The minimum absolute atomic E-state index is 0.0825. The summed E-state index contributed by atoms with van der Waals surface area (Å²) < 4.78 is 27.3. The summed E-state index contributed by atoms with van der Waals surface area (Å²) in [7, 11) is -3.96. The van der Waals surface area contributed by atoms with Crippen LogP contribution in [0.25, 0.3) is 0 Å². The number of pyridine rings is 1. The molecule has 0 atom stereocenters. The number of benzene rings is 2. The van der Waals surface area contributed by atoms with Crippen LogP contribution in [0.5, 0.6) is 0 Å². The lowest BCUT2D eigenvalue weighted by Gasteiger charge is -2.24. The van der Waals surface area contributed by atoms with Gasteiger partial charge in [-0.25, -0.2) is 8.42 Å². The number of hydrogen-bond acceptors (Lipinski definition) is 4. The Morgan fingerprint density at radius 3 is 2.48 bits per heavy atom. The van der Waals surface area contributed by atoms with Crippen LogP contribution < -0.4 is 9.62 Å². The molecule has 27 heavy (non-hydrogen) atoms. The molecule has 0 saturated carbocycles. The van der Waals surface area contributed by atoms with Crippen LogP contribution in [-0.4, -0.2) is 25.9 Å². The Morgan fingerprint density at radius 2 is 1.81 bits per heavy atom. The van der Waals surface area contributed by atoms with Gasteiger partial charge in [-0.1, -0.05) is 35.9 Å². The largest absolute Gasteiger partial charge is 0.323 e. The van der Waals surface area contributed by atoms with E-state index in [0.29, 0.717) is 16.4 Å². The van der Waals surface area contributed by atoms with Gasteiger partial charge in [0, 0.05) is 11.2 Å². The highest BCUT2D eigenvalue weighted by Crippen LogP contribution is 2.26. The number of carbonyl (C=O) groups is 1. The second-order valence-corrected chi connectivity index (χ2v) is 7.89. The number of amides is 1. The lowest BCUT2D eigenvalue weighted by atomic mass is 10.3. The van der Waals surface area contributed by atoms with Crippen LogP contribution in [0.4, 0.5) is 11.4 Å².